The molecule has 1 unspecified atom stereocenters. The minimum atomic E-state index is -1.33. The Morgan fingerprint density at radius 2 is 1.43 bits per heavy atom. The lowest BCUT2D eigenvalue weighted by Crippen LogP contribution is -2.58. The maximum Gasteiger partial charge on any atom is 0.330 e. The van der Waals surface area contributed by atoms with Crippen molar-refractivity contribution in [2.75, 3.05) is 33.8 Å². The number of ether oxygens (including phenoxy) is 1. The molecule has 1 fully saturated rings. The number of nitrogens with one attached hydrogen (secondary N) is 1. The van der Waals surface area contributed by atoms with E-state index < -0.39 is 36.8 Å². The van der Waals surface area contributed by atoms with E-state index in [0.29, 0.717) is 13.1 Å². The van der Waals surface area contributed by atoms with E-state index in [1.807, 2.05) is 73.4 Å². The molecule has 1 aliphatic rings. The maximum atomic E-state index is 12.9. The zero-order chi connectivity index (χ0) is 28.1. The van der Waals surface area contributed by atoms with Crippen LogP contribution in [0.4, 0.5) is 0 Å². The number of aromatic amines is 1. The highest BCUT2D eigenvalue weighted by Gasteiger charge is 2.46. The third kappa shape index (κ3) is 5.84. The number of morpholine rings is 1. The summed E-state index contributed by atoms with van der Waals surface area (Å²) in [5.74, 6) is 0. The first-order chi connectivity index (χ1) is 19.4. The highest BCUT2D eigenvalue weighted by Crippen LogP contribution is 2.46. The molecular weight excluding hydrogens is 547 g/mol. The monoisotopic (exact) mass is 578 g/mol. The van der Waals surface area contributed by atoms with Gasteiger partial charge in [0, 0.05) is 25.4 Å². The molecule has 0 spiro atoms. The number of H-pyrrole nitrogens is 1. The summed E-state index contributed by atoms with van der Waals surface area (Å²) >= 11 is 6.45. The predicted molar refractivity (Wildman–Crippen MR) is 158 cm³/mol. The lowest BCUT2D eigenvalue weighted by molar-refractivity contribution is -0.147. The lowest BCUT2D eigenvalue weighted by atomic mass is 9.75. The average Bonchev–Trinajstić information content (AvgIpc) is 2.98. The summed E-state index contributed by atoms with van der Waals surface area (Å²) in [5, 5.41) is 0. The first kappa shape index (κ1) is 28.4. The fourth-order valence-corrected chi connectivity index (χ4v) is 6.03. The Bertz CT molecular complexity index is 1400. The van der Waals surface area contributed by atoms with Crippen molar-refractivity contribution in [1.82, 2.24) is 19.1 Å². The van der Waals surface area contributed by atoms with E-state index in [1.54, 1.807) is 0 Å². The van der Waals surface area contributed by atoms with Crippen LogP contribution in [0.5, 0.6) is 0 Å². The molecule has 1 aromatic heterocycles. The van der Waals surface area contributed by atoms with Crippen molar-refractivity contribution < 1.29 is 9.26 Å². The molecule has 0 amide bonds. The molecule has 0 bridgehead atoms. The molecule has 1 aliphatic heterocycles. The van der Waals surface area contributed by atoms with Gasteiger partial charge in [-0.2, -0.15) is 0 Å². The van der Waals surface area contributed by atoms with Gasteiger partial charge < -0.3 is 9.26 Å². The van der Waals surface area contributed by atoms with E-state index in [1.165, 1.54) is 16.8 Å². The fraction of sp³-hybridized carbons (Fsp3) is 0.267. The summed E-state index contributed by atoms with van der Waals surface area (Å²) in [5.41, 5.74) is 1.53. The molecule has 0 saturated carbocycles. The second-order valence-electron chi connectivity index (χ2n) is 9.81. The van der Waals surface area contributed by atoms with Gasteiger partial charge in [-0.05, 0) is 42.0 Å². The third-order valence-electron chi connectivity index (χ3n) is 7.04. The molecule has 1 N–H and O–H groups in total. The fourth-order valence-electron chi connectivity index (χ4n) is 5.34. The molecule has 5 rings (SSSR count). The van der Waals surface area contributed by atoms with Crippen molar-refractivity contribution >= 4 is 18.9 Å². The van der Waals surface area contributed by atoms with E-state index in [0.717, 1.165) is 16.7 Å². The molecule has 4 aromatic rings. The maximum absolute atomic E-state index is 12.9. The summed E-state index contributed by atoms with van der Waals surface area (Å²) in [7, 11) is 2.40. The minimum Gasteiger partial charge on any atom is -0.350 e. The zero-order valence-corrected chi connectivity index (χ0v) is 24.0. The van der Waals surface area contributed by atoms with E-state index in [2.05, 4.69) is 46.3 Å². The van der Waals surface area contributed by atoms with Crippen molar-refractivity contribution in [2.24, 2.45) is 0 Å². The zero-order valence-electron chi connectivity index (χ0n) is 22.4. The number of aromatic nitrogens is 2. The molecule has 3 aromatic carbocycles. The molecule has 40 heavy (non-hydrogen) atoms. The number of rotatable bonds is 9. The Morgan fingerprint density at radius 3 is 1.90 bits per heavy atom. The third-order valence-corrected chi connectivity index (χ3v) is 9.23. The van der Waals surface area contributed by atoms with Gasteiger partial charge in [-0.3, -0.25) is 23.9 Å². The van der Waals surface area contributed by atoms with Gasteiger partial charge in [0.25, 0.3) is 5.56 Å². The second-order valence-corrected chi connectivity index (χ2v) is 12.2. The van der Waals surface area contributed by atoms with Gasteiger partial charge in [-0.15, -0.1) is 0 Å². The molecule has 0 radical (unpaired) electrons. The van der Waals surface area contributed by atoms with E-state index in [9.17, 15) is 9.59 Å². The Kier molecular flexibility index (Phi) is 8.96. The topological polar surface area (TPSA) is 79.8 Å². The molecular formula is C30H32ClN4O4P. The summed E-state index contributed by atoms with van der Waals surface area (Å²) in [6.45, 7) is 1.10. The van der Waals surface area contributed by atoms with E-state index in [4.69, 9.17) is 20.5 Å². The van der Waals surface area contributed by atoms with Crippen LogP contribution in [0, 0.1) is 0 Å². The largest absolute Gasteiger partial charge is 0.350 e. The van der Waals surface area contributed by atoms with Crippen LogP contribution >= 0.6 is 18.9 Å². The van der Waals surface area contributed by atoms with Crippen molar-refractivity contribution in [2.45, 2.75) is 17.9 Å². The van der Waals surface area contributed by atoms with Crippen LogP contribution in [0.25, 0.3) is 0 Å². The highest BCUT2D eigenvalue weighted by molar-refractivity contribution is 7.78. The number of nitrogens with zero attached hydrogens (tertiary/aromatic N) is 3. The summed E-state index contributed by atoms with van der Waals surface area (Å²) in [6, 6.07) is 32.4. The Morgan fingerprint density at radius 1 is 0.900 bits per heavy atom. The van der Waals surface area contributed by atoms with Crippen LogP contribution < -0.4 is 11.2 Å². The van der Waals surface area contributed by atoms with Crippen LogP contribution in [-0.4, -0.2) is 59.0 Å². The van der Waals surface area contributed by atoms with Gasteiger partial charge in [-0.25, -0.2) is 4.79 Å². The smallest absolute Gasteiger partial charge is 0.330 e. The number of hydrogen-bond donors (Lipinski definition) is 1. The van der Waals surface area contributed by atoms with Gasteiger partial charge in [0.15, 0.2) is 6.23 Å². The highest BCUT2D eigenvalue weighted by atomic mass is 35.7. The number of hydrogen-bond acceptors (Lipinski definition) is 6. The normalized spacial score (nSPS) is 19.0. The summed E-state index contributed by atoms with van der Waals surface area (Å²) in [6.07, 6.45) is 0.372. The van der Waals surface area contributed by atoms with Gasteiger partial charge in [0.1, 0.15) is 0 Å². The van der Waals surface area contributed by atoms with Crippen LogP contribution in [-0.2, 0) is 14.8 Å². The van der Waals surface area contributed by atoms with Crippen LogP contribution in [0.3, 0.4) is 0 Å². The summed E-state index contributed by atoms with van der Waals surface area (Å²) in [4.78, 5) is 29.5. The van der Waals surface area contributed by atoms with Gasteiger partial charge in [0.2, 0.25) is 7.65 Å². The molecule has 208 valence electrons. The SMILES string of the molecule is CN(C)P(Cl)OC[C@@H]1CN(C(c2ccccc2)(c2ccccc2)c2ccccc2)C[C@H](n2ccc(=O)[nH]c2=O)O1. The van der Waals surface area contributed by atoms with Crippen molar-refractivity contribution in [3.8, 4) is 0 Å². The predicted octanol–water partition coefficient (Wildman–Crippen LogP) is 4.77. The van der Waals surface area contributed by atoms with E-state index >= 15 is 0 Å². The first-order valence-electron chi connectivity index (χ1n) is 13.0. The Hall–Kier alpha value is -3.10. The van der Waals surface area contributed by atoms with E-state index in [-0.39, 0.29) is 6.61 Å². The van der Waals surface area contributed by atoms with Crippen LogP contribution in [0.2, 0.25) is 0 Å². The average molecular weight is 579 g/mol. The molecule has 2 heterocycles. The number of halogens is 1. The van der Waals surface area contributed by atoms with Crippen molar-refractivity contribution in [1.29, 1.82) is 0 Å². The Balaban J connectivity index is 1.68. The first-order valence-corrected chi connectivity index (χ1v) is 15.2. The number of benzene rings is 3. The van der Waals surface area contributed by atoms with Crippen LogP contribution in [0.15, 0.2) is 113 Å². The molecule has 0 aliphatic carbocycles. The van der Waals surface area contributed by atoms with Gasteiger partial charge in [-0.1, -0.05) is 91.0 Å². The summed E-state index contributed by atoms with van der Waals surface area (Å²) < 4.78 is 15.7. The van der Waals surface area contributed by atoms with Crippen LogP contribution in [0.1, 0.15) is 22.9 Å². The molecule has 8 nitrogen and oxygen atoms in total. The second kappa shape index (κ2) is 12.6. The quantitative estimate of drug-likeness (QED) is 0.228. The molecule has 1 saturated heterocycles. The molecule has 10 heteroatoms. The Labute approximate surface area is 239 Å². The van der Waals surface area contributed by atoms with Crippen molar-refractivity contribution in [3.63, 3.8) is 0 Å². The standard InChI is InChI=1S/C30H32ClN4O4P/c1-33(2)40(31)38-22-26-20-34(21-28(39-26)35-19-18-27(36)32-29(35)37)30(23-12-6-3-7-13-23,24-14-8-4-9-15-24)25-16-10-5-11-17-25/h3-19,26,28H,20-22H2,1-2H3,(H,32,36,37)/t26-,28+,40?/m0/s1. The lowest BCUT2D eigenvalue weighted by Gasteiger charge is -2.50. The molecule has 3 atom stereocenters. The van der Waals surface area contributed by atoms with Crippen molar-refractivity contribution in [3.05, 3.63) is 141 Å². The van der Waals surface area contributed by atoms with Gasteiger partial charge in [0.05, 0.1) is 18.2 Å². The van der Waals surface area contributed by atoms with Gasteiger partial charge >= 0.3 is 5.69 Å². The minimum absolute atomic E-state index is 0.229.